The van der Waals surface area contributed by atoms with Gasteiger partial charge in [0.25, 0.3) is 5.91 Å². The predicted octanol–water partition coefficient (Wildman–Crippen LogP) is 5.31. The van der Waals surface area contributed by atoms with E-state index in [4.69, 9.17) is 0 Å². The zero-order valence-corrected chi connectivity index (χ0v) is 22.8. The highest BCUT2D eigenvalue weighted by Gasteiger charge is 2.64. The van der Waals surface area contributed by atoms with Crippen molar-refractivity contribution in [1.82, 2.24) is 9.80 Å². The minimum absolute atomic E-state index is 0.127. The standard InChI is InChI=1S/C32H46N2O2/c1-21-26-12-13-28-25-11-10-23-19-24(34(4)30(36)29(35)18-22-8-6-5-7-9-22)14-16-31(23,2)27(25)15-17-32(26,28)20-33(21)3/h5-10,21,24-29,35H,11-20H2,1-4H3/t21-,24-,25+,26+,27?,28-,29+,31-,32-/m0/s1. The molecule has 4 heteroatoms. The van der Waals surface area contributed by atoms with E-state index in [1.54, 1.807) is 5.57 Å². The molecule has 0 radical (unpaired) electrons. The maximum absolute atomic E-state index is 13.2. The highest BCUT2D eigenvalue weighted by Crippen LogP contribution is 2.68. The van der Waals surface area contributed by atoms with Gasteiger partial charge in [-0.2, -0.15) is 0 Å². The van der Waals surface area contributed by atoms with Crippen molar-refractivity contribution in [2.24, 2.45) is 34.5 Å². The number of aliphatic hydroxyl groups excluding tert-OH is 1. The van der Waals surface area contributed by atoms with Crippen LogP contribution in [-0.4, -0.2) is 59.6 Å². The first kappa shape index (κ1) is 24.7. The molecule has 1 unspecified atom stereocenters. The number of carbonyl (C=O) groups excluding carboxylic acids is 1. The minimum Gasteiger partial charge on any atom is -0.383 e. The van der Waals surface area contributed by atoms with Gasteiger partial charge in [-0.05, 0) is 105 Å². The van der Waals surface area contributed by atoms with Crippen molar-refractivity contribution in [2.75, 3.05) is 20.6 Å². The molecular formula is C32H46N2O2. The molecule has 5 aliphatic rings. The lowest BCUT2D eigenvalue weighted by atomic mass is 9.47. The third-order valence-electron chi connectivity index (χ3n) is 12.1. The molecule has 1 N–H and O–H groups in total. The Labute approximate surface area is 218 Å². The van der Waals surface area contributed by atoms with Crippen LogP contribution in [0.25, 0.3) is 0 Å². The van der Waals surface area contributed by atoms with Gasteiger partial charge in [0.2, 0.25) is 0 Å². The summed E-state index contributed by atoms with van der Waals surface area (Å²) < 4.78 is 0. The molecular weight excluding hydrogens is 444 g/mol. The van der Waals surface area contributed by atoms with Gasteiger partial charge in [-0.15, -0.1) is 0 Å². The average Bonchev–Trinajstić information content (AvgIpc) is 3.36. The molecule has 1 saturated heterocycles. The smallest absolute Gasteiger partial charge is 0.251 e. The number of allylic oxidation sites excluding steroid dienone is 1. The van der Waals surface area contributed by atoms with Crippen molar-refractivity contribution in [2.45, 2.75) is 89.8 Å². The first-order chi connectivity index (χ1) is 17.2. The quantitative estimate of drug-likeness (QED) is 0.582. The van der Waals surface area contributed by atoms with E-state index >= 15 is 0 Å². The van der Waals surface area contributed by atoms with Crippen LogP contribution < -0.4 is 0 Å². The van der Waals surface area contributed by atoms with Crippen molar-refractivity contribution >= 4 is 5.91 Å². The Balaban J connectivity index is 1.16. The Kier molecular flexibility index (Phi) is 6.15. The number of fused-ring (bicyclic) bond motifs is 4. The van der Waals surface area contributed by atoms with Gasteiger partial charge in [0.1, 0.15) is 6.10 Å². The second-order valence-electron chi connectivity index (χ2n) is 13.4. The molecule has 1 aromatic carbocycles. The lowest BCUT2D eigenvalue weighted by Gasteiger charge is -2.58. The number of likely N-dealkylation sites (tertiary alicyclic amines) is 1. The lowest BCUT2D eigenvalue weighted by Crippen LogP contribution is -2.53. The van der Waals surface area contributed by atoms with Crippen LogP contribution in [0.5, 0.6) is 0 Å². The molecule has 1 heterocycles. The Morgan fingerprint density at radius 1 is 1.11 bits per heavy atom. The number of aliphatic hydroxyl groups is 1. The number of rotatable bonds is 4. The van der Waals surface area contributed by atoms with Crippen LogP contribution in [0.15, 0.2) is 42.0 Å². The molecule has 4 aliphatic carbocycles. The first-order valence-electron chi connectivity index (χ1n) is 14.6. The SMILES string of the molecule is C[C@H]1[C@H]2CC[C@H]3[C@@H]4CC=C5C[C@@H](N(C)C(=O)[C@H](O)Cc6ccccc6)CC[C@]5(C)C4CC[C@]23CN1C. The summed E-state index contributed by atoms with van der Waals surface area (Å²) in [5, 5.41) is 10.7. The van der Waals surface area contributed by atoms with E-state index in [2.05, 4.69) is 31.9 Å². The Morgan fingerprint density at radius 3 is 2.64 bits per heavy atom. The Bertz CT molecular complexity index is 1020. The highest BCUT2D eigenvalue weighted by atomic mass is 16.3. The topological polar surface area (TPSA) is 43.8 Å². The van der Waals surface area contributed by atoms with Crippen LogP contribution in [0.1, 0.15) is 70.8 Å². The van der Waals surface area contributed by atoms with Gasteiger partial charge >= 0.3 is 0 Å². The number of carbonyl (C=O) groups is 1. The summed E-state index contributed by atoms with van der Waals surface area (Å²) in [6, 6.07) is 10.8. The summed E-state index contributed by atoms with van der Waals surface area (Å²) in [6.07, 6.45) is 12.2. The second kappa shape index (κ2) is 8.98. The monoisotopic (exact) mass is 490 g/mol. The first-order valence-corrected chi connectivity index (χ1v) is 14.6. The van der Waals surface area contributed by atoms with Crippen LogP contribution >= 0.6 is 0 Å². The fraction of sp³-hybridized carbons (Fsp3) is 0.719. The lowest BCUT2D eigenvalue weighted by molar-refractivity contribution is -0.142. The molecule has 196 valence electrons. The normalized spacial score (nSPS) is 42.5. The maximum atomic E-state index is 13.2. The molecule has 36 heavy (non-hydrogen) atoms. The fourth-order valence-electron chi connectivity index (χ4n) is 10.1. The number of hydrogen-bond donors (Lipinski definition) is 1. The molecule has 1 spiro atoms. The molecule has 6 rings (SSSR count). The molecule has 4 nitrogen and oxygen atoms in total. The molecule has 0 bridgehead atoms. The van der Waals surface area contributed by atoms with Crippen molar-refractivity contribution in [3.05, 3.63) is 47.5 Å². The average molecular weight is 491 g/mol. The van der Waals surface area contributed by atoms with E-state index in [1.807, 2.05) is 42.3 Å². The zero-order valence-electron chi connectivity index (χ0n) is 22.8. The van der Waals surface area contributed by atoms with Gasteiger partial charge < -0.3 is 14.9 Å². The molecule has 3 saturated carbocycles. The van der Waals surface area contributed by atoms with Crippen molar-refractivity contribution in [1.29, 1.82) is 0 Å². The predicted molar refractivity (Wildman–Crippen MR) is 144 cm³/mol. The van der Waals surface area contributed by atoms with Crippen LogP contribution in [0.4, 0.5) is 0 Å². The summed E-state index contributed by atoms with van der Waals surface area (Å²) in [6.45, 7) is 6.36. The van der Waals surface area contributed by atoms with E-state index in [0.29, 0.717) is 17.3 Å². The van der Waals surface area contributed by atoms with Crippen molar-refractivity contribution in [3.8, 4) is 0 Å². The molecule has 4 fully saturated rings. The highest BCUT2D eigenvalue weighted by molar-refractivity contribution is 5.81. The van der Waals surface area contributed by atoms with E-state index in [0.717, 1.165) is 48.1 Å². The number of benzene rings is 1. The summed E-state index contributed by atoms with van der Waals surface area (Å²) in [7, 11) is 4.27. The van der Waals surface area contributed by atoms with E-state index in [1.165, 1.54) is 45.1 Å². The molecule has 1 aliphatic heterocycles. The van der Waals surface area contributed by atoms with Gasteiger partial charge in [0.05, 0.1) is 0 Å². The van der Waals surface area contributed by atoms with E-state index < -0.39 is 6.10 Å². The third kappa shape index (κ3) is 3.65. The van der Waals surface area contributed by atoms with E-state index in [9.17, 15) is 9.90 Å². The maximum Gasteiger partial charge on any atom is 0.251 e. The molecule has 9 atom stereocenters. The van der Waals surface area contributed by atoms with Gasteiger partial charge in [-0.3, -0.25) is 4.79 Å². The van der Waals surface area contributed by atoms with Crippen LogP contribution in [-0.2, 0) is 11.2 Å². The van der Waals surface area contributed by atoms with Crippen LogP contribution in [0, 0.1) is 34.5 Å². The summed E-state index contributed by atoms with van der Waals surface area (Å²) >= 11 is 0. The summed E-state index contributed by atoms with van der Waals surface area (Å²) in [4.78, 5) is 17.7. The largest absolute Gasteiger partial charge is 0.383 e. The number of amides is 1. The Morgan fingerprint density at radius 2 is 1.86 bits per heavy atom. The van der Waals surface area contributed by atoms with Gasteiger partial charge in [-0.1, -0.05) is 48.9 Å². The zero-order chi connectivity index (χ0) is 25.2. The molecule has 1 amide bonds. The second-order valence-corrected chi connectivity index (χ2v) is 13.4. The number of likely N-dealkylation sites (N-methyl/N-ethyl adjacent to an activating group) is 1. The van der Waals surface area contributed by atoms with Crippen molar-refractivity contribution in [3.63, 3.8) is 0 Å². The number of hydrogen-bond acceptors (Lipinski definition) is 3. The summed E-state index contributed by atoms with van der Waals surface area (Å²) in [5.74, 6) is 3.33. The fourth-order valence-corrected chi connectivity index (χ4v) is 10.1. The molecule has 0 aromatic heterocycles. The van der Waals surface area contributed by atoms with Gasteiger partial charge in [0.15, 0.2) is 0 Å². The van der Waals surface area contributed by atoms with Crippen LogP contribution in [0.3, 0.4) is 0 Å². The van der Waals surface area contributed by atoms with E-state index in [-0.39, 0.29) is 11.9 Å². The van der Waals surface area contributed by atoms with Crippen LogP contribution in [0.2, 0.25) is 0 Å². The molecule has 1 aromatic rings. The summed E-state index contributed by atoms with van der Waals surface area (Å²) in [5.41, 5.74) is 3.49. The van der Waals surface area contributed by atoms with Gasteiger partial charge in [-0.25, -0.2) is 0 Å². The third-order valence-corrected chi connectivity index (χ3v) is 12.1. The van der Waals surface area contributed by atoms with Crippen molar-refractivity contribution < 1.29 is 9.90 Å². The number of nitrogens with zero attached hydrogens (tertiary/aromatic N) is 2. The van der Waals surface area contributed by atoms with Gasteiger partial charge in [0, 0.05) is 32.1 Å². The Hall–Kier alpha value is -1.65. The minimum atomic E-state index is -0.966.